The molecule has 0 amide bonds. The van der Waals surface area contributed by atoms with E-state index in [0.717, 1.165) is 42.8 Å². The first-order valence-corrected chi connectivity index (χ1v) is 11.6. The van der Waals surface area contributed by atoms with Crippen LogP contribution in [0.5, 0.6) is 0 Å². The quantitative estimate of drug-likeness (QED) is 0.191. The molecule has 0 aromatic carbocycles. The third kappa shape index (κ3) is 9.86. The summed E-state index contributed by atoms with van der Waals surface area (Å²) in [6.07, 6.45) is 31.8. The van der Waals surface area contributed by atoms with E-state index in [9.17, 15) is 0 Å². The molecule has 0 spiro atoms. The Morgan fingerprint density at radius 1 is 1.22 bits per heavy atom. The van der Waals surface area contributed by atoms with E-state index in [0.29, 0.717) is 5.92 Å². The summed E-state index contributed by atoms with van der Waals surface area (Å²) in [4.78, 5) is 2.14. The maximum atomic E-state index is 4.37. The third-order valence-electron chi connectivity index (χ3n) is 5.36. The van der Waals surface area contributed by atoms with Crippen LogP contribution in [0.4, 0.5) is 0 Å². The molecule has 0 saturated heterocycles. The first-order chi connectivity index (χ1) is 15.4. The molecule has 170 valence electrons. The maximum Gasteiger partial charge on any atom is 0.0621 e. The smallest absolute Gasteiger partial charge is 0.0621 e. The van der Waals surface area contributed by atoms with Crippen LogP contribution in [-0.2, 0) is 0 Å². The van der Waals surface area contributed by atoms with Gasteiger partial charge in [0.1, 0.15) is 0 Å². The molecule has 0 aromatic rings. The van der Waals surface area contributed by atoms with Crippen molar-refractivity contribution < 1.29 is 0 Å². The summed E-state index contributed by atoms with van der Waals surface area (Å²) in [6.45, 7) is 18.7. The highest BCUT2D eigenvalue weighted by atomic mass is 15.1. The summed E-state index contributed by atoms with van der Waals surface area (Å²) in [6, 6.07) is 0. The molecule has 0 N–H and O–H groups in total. The number of allylic oxidation sites excluding steroid dienone is 16. The molecular formula is C31H41N. The lowest BCUT2D eigenvalue weighted by atomic mass is 9.90. The van der Waals surface area contributed by atoms with Crippen molar-refractivity contribution in [3.05, 3.63) is 126 Å². The average molecular weight is 428 g/mol. The van der Waals surface area contributed by atoms with Crippen LogP contribution in [0.2, 0.25) is 0 Å². The van der Waals surface area contributed by atoms with Gasteiger partial charge in [0.2, 0.25) is 0 Å². The van der Waals surface area contributed by atoms with E-state index < -0.39 is 0 Å². The summed E-state index contributed by atoms with van der Waals surface area (Å²) >= 11 is 0. The van der Waals surface area contributed by atoms with E-state index in [1.165, 1.54) is 11.1 Å². The summed E-state index contributed by atoms with van der Waals surface area (Å²) < 4.78 is 0. The third-order valence-corrected chi connectivity index (χ3v) is 5.36. The zero-order chi connectivity index (χ0) is 23.8. The Morgan fingerprint density at radius 3 is 2.69 bits per heavy atom. The van der Waals surface area contributed by atoms with Gasteiger partial charge in [-0.25, -0.2) is 0 Å². The Hall–Kier alpha value is -3.02. The zero-order valence-electron chi connectivity index (χ0n) is 20.8. The summed E-state index contributed by atoms with van der Waals surface area (Å²) in [5.41, 5.74) is 9.14. The van der Waals surface area contributed by atoms with Gasteiger partial charge in [-0.05, 0) is 84.1 Å². The summed E-state index contributed by atoms with van der Waals surface area (Å²) in [5.74, 6) is 0.400. The molecule has 0 aliphatic heterocycles. The molecule has 0 heterocycles. The predicted molar refractivity (Wildman–Crippen MR) is 144 cm³/mol. The van der Waals surface area contributed by atoms with Gasteiger partial charge in [0, 0.05) is 17.3 Å². The van der Waals surface area contributed by atoms with E-state index >= 15 is 0 Å². The molecule has 1 aliphatic carbocycles. The van der Waals surface area contributed by atoms with E-state index in [2.05, 4.69) is 106 Å². The van der Waals surface area contributed by atoms with Crippen LogP contribution in [0.1, 0.15) is 60.3 Å². The molecule has 1 unspecified atom stereocenters. The van der Waals surface area contributed by atoms with Crippen LogP contribution in [0.15, 0.2) is 126 Å². The predicted octanol–water partition coefficient (Wildman–Crippen LogP) is 9.28. The van der Waals surface area contributed by atoms with Gasteiger partial charge in [-0.1, -0.05) is 78.6 Å². The van der Waals surface area contributed by atoms with Gasteiger partial charge >= 0.3 is 0 Å². The van der Waals surface area contributed by atoms with Crippen molar-refractivity contribution in [2.75, 3.05) is 0 Å². The Morgan fingerprint density at radius 2 is 2.00 bits per heavy atom. The minimum Gasteiger partial charge on any atom is -0.312 e. The number of hydrogen-bond donors (Lipinski definition) is 0. The maximum absolute atomic E-state index is 4.37. The van der Waals surface area contributed by atoms with Crippen LogP contribution >= 0.6 is 0 Å². The van der Waals surface area contributed by atoms with Crippen molar-refractivity contribution in [3.8, 4) is 0 Å². The van der Waals surface area contributed by atoms with Crippen LogP contribution in [-0.4, -0.2) is 4.90 Å². The van der Waals surface area contributed by atoms with Gasteiger partial charge in [0.25, 0.3) is 0 Å². The number of rotatable bonds is 10. The van der Waals surface area contributed by atoms with Gasteiger partial charge in [-0.15, -0.1) is 6.58 Å². The van der Waals surface area contributed by atoms with Crippen molar-refractivity contribution in [2.45, 2.75) is 60.3 Å². The van der Waals surface area contributed by atoms with Crippen LogP contribution < -0.4 is 0 Å². The van der Waals surface area contributed by atoms with Gasteiger partial charge in [-0.3, -0.25) is 0 Å². The number of nitrogens with zero attached hydrogens (tertiary/aromatic N) is 1. The molecule has 1 rings (SSSR count). The van der Waals surface area contributed by atoms with Gasteiger partial charge in [-0.2, -0.15) is 0 Å². The molecule has 1 atom stereocenters. The Balaban J connectivity index is 3.19. The standard InChI is InChI=1S/C31H41N/c1-8-11-13-15-20-28(6)32(27(5)19-14-12-9-2)29(7)23-25-30(10-3)31-21-17-16-18-26(4)22-24-31/h8-10,12-15,17,20-23,25,31H,1,7,11,16,18,24H2,2-6H3/b12-9-,15-13?,21-17+,25-23-,26-22+,28-20+,30-10+. The van der Waals surface area contributed by atoms with E-state index in [4.69, 9.17) is 0 Å². The molecule has 0 saturated carbocycles. The fourth-order valence-electron chi connectivity index (χ4n) is 3.52. The van der Waals surface area contributed by atoms with E-state index in [-0.39, 0.29) is 0 Å². The largest absolute Gasteiger partial charge is 0.312 e. The SMILES string of the molecule is C=CCC=C/C=C(\C)N(C(=C)/C=C\C(=C/C)C1/C=C/CC/C(C)=C/C1)C(C)=C=C/C=C\C. The van der Waals surface area contributed by atoms with E-state index in [1.807, 2.05) is 31.2 Å². The van der Waals surface area contributed by atoms with Crippen molar-refractivity contribution in [1.29, 1.82) is 0 Å². The Labute approximate surface area is 197 Å². The summed E-state index contributed by atoms with van der Waals surface area (Å²) in [7, 11) is 0. The first-order valence-electron chi connectivity index (χ1n) is 11.6. The van der Waals surface area contributed by atoms with Gasteiger partial charge in [0.15, 0.2) is 0 Å². The Kier molecular flexibility index (Phi) is 13.3. The zero-order valence-corrected chi connectivity index (χ0v) is 20.8. The Bertz CT molecular complexity index is 902. The molecule has 0 bridgehead atoms. The van der Waals surface area contributed by atoms with Crippen molar-refractivity contribution in [3.63, 3.8) is 0 Å². The minimum atomic E-state index is 0.400. The second-order valence-corrected chi connectivity index (χ2v) is 7.99. The monoisotopic (exact) mass is 427 g/mol. The molecule has 0 fully saturated rings. The normalized spacial score (nSPS) is 20.4. The lowest BCUT2D eigenvalue weighted by Gasteiger charge is -2.25. The lowest BCUT2D eigenvalue weighted by Crippen LogP contribution is -2.17. The van der Waals surface area contributed by atoms with Gasteiger partial charge < -0.3 is 4.90 Å². The van der Waals surface area contributed by atoms with Crippen LogP contribution in [0, 0.1) is 5.92 Å². The molecule has 0 radical (unpaired) electrons. The van der Waals surface area contributed by atoms with Crippen LogP contribution in [0.25, 0.3) is 0 Å². The molecule has 1 nitrogen and oxygen atoms in total. The van der Waals surface area contributed by atoms with Gasteiger partial charge in [0.05, 0.1) is 5.70 Å². The topological polar surface area (TPSA) is 3.24 Å². The molecule has 1 aliphatic rings. The fourth-order valence-corrected chi connectivity index (χ4v) is 3.52. The minimum absolute atomic E-state index is 0.400. The van der Waals surface area contributed by atoms with Crippen molar-refractivity contribution in [2.24, 2.45) is 5.92 Å². The second kappa shape index (κ2) is 15.7. The molecule has 0 aromatic heterocycles. The first kappa shape index (κ1) is 27.0. The molecular weight excluding hydrogens is 386 g/mol. The van der Waals surface area contributed by atoms with E-state index in [1.54, 1.807) is 0 Å². The highest BCUT2D eigenvalue weighted by molar-refractivity contribution is 5.35. The van der Waals surface area contributed by atoms with Crippen molar-refractivity contribution >= 4 is 0 Å². The average Bonchev–Trinajstić information content (AvgIpc) is 2.76. The fraction of sp³-hybridized carbons (Fsp3) is 0.323. The van der Waals surface area contributed by atoms with Crippen molar-refractivity contribution in [1.82, 2.24) is 4.90 Å². The number of hydrogen-bond acceptors (Lipinski definition) is 1. The summed E-state index contributed by atoms with van der Waals surface area (Å²) in [5, 5.41) is 0. The van der Waals surface area contributed by atoms with Crippen LogP contribution in [0.3, 0.4) is 0 Å². The highest BCUT2D eigenvalue weighted by Gasteiger charge is 2.12. The molecule has 32 heavy (non-hydrogen) atoms. The lowest BCUT2D eigenvalue weighted by molar-refractivity contribution is 0.548. The second-order valence-electron chi connectivity index (χ2n) is 7.99. The molecule has 1 heteroatoms. The highest BCUT2D eigenvalue weighted by Crippen LogP contribution is 2.25.